The molecular weight excluding hydrogens is 570 g/mol. The topological polar surface area (TPSA) is 38.7 Å². The zero-order chi connectivity index (χ0) is 20.9. The van der Waals surface area contributed by atoms with Crippen molar-refractivity contribution in [1.82, 2.24) is 15.0 Å². The van der Waals surface area contributed by atoms with Crippen LogP contribution in [0.15, 0.2) is 72.8 Å². The molecule has 0 N–H and O–H groups in total. The van der Waals surface area contributed by atoms with Crippen LogP contribution >= 0.6 is 47.8 Å². The maximum Gasteiger partial charge on any atom is 0.164 e. The van der Waals surface area contributed by atoms with Crippen LogP contribution in [-0.2, 0) is 16.0 Å². The Morgan fingerprint density at radius 2 is 0.767 bits per heavy atom. The Hall–Kier alpha value is -1.89. The summed E-state index contributed by atoms with van der Waals surface area (Å²) < 4.78 is 0. The normalized spacial score (nSPS) is 10.9. The Balaban J connectivity index is 1.91. The van der Waals surface area contributed by atoms with E-state index in [-0.39, 0.29) is 0 Å². The van der Waals surface area contributed by atoms with Crippen LogP contribution in [0.3, 0.4) is 0 Å². The minimum absolute atomic E-state index is 0.672. The Labute approximate surface area is 201 Å². The van der Waals surface area contributed by atoms with Gasteiger partial charge in [0, 0.05) is 32.7 Å². The van der Waals surface area contributed by atoms with Crippen molar-refractivity contribution in [3.63, 3.8) is 0 Å². The molecule has 0 bridgehead atoms. The number of alkyl halides is 3. The number of hydrogen-bond acceptors (Lipinski definition) is 3. The minimum Gasteiger partial charge on any atom is -0.208 e. The van der Waals surface area contributed by atoms with E-state index in [2.05, 4.69) is 84.2 Å². The molecule has 0 aliphatic rings. The van der Waals surface area contributed by atoms with Crippen molar-refractivity contribution in [3.05, 3.63) is 89.5 Å². The van der Waals surface area contributed by atoms with E-state index in [1.165, 1.54) is 16.7 Å². The fourth-order valence-electron chi connectivity index (χ4n) is 3.14. The van der Waals surface area contributed by atoms with Gasteiger partial charge in [0.2, 0.25) is 0 Å². The first kappa shape index (κ1) is 21.3. The molecule has 3 nitrogen and oxygen atoms in total. The maximum atomic E-state index is 4.83. The third-order valence-electron chi connectivity index (χ3n) is 4.65. The van der Waals surface area contributed by atoms with E-state index in [4.69, 9.17) is 15.0 Å². The Kier molecular flexibility index (Phi) is 7.08. The first-order valence-corrected chi connectivity index (χ1v) is 12.8. The molecule has 6 heteroatoms. The van der Waals surface area contributed by atoms with Crippen molar-refractivity contribution in [2.24, 2.45) is 0 Å². The highest BCUT2D eigenvalue weighted by Gasteiger charge is 2.13. The van der Waals surface area contributed by atoms with E-state index < -0.39 is 0 Å². The average molecular weight is 588 g/mol. The Morgan fingerprint density at radius 1 is 0.467 bits per heavy atom. The molecule has 0 aliphatic carbocycles. The Bertz CT molecular complexity index is 1020. The van der Waals surface area contributed by atoms with Crippen LogP contribution < -0.4 is 0 Å². The molecule has 30 heavy (non-hydrogen) atoms. The lowest BCUT2D eigenvalue weighted by Crippen LogP contribution is -2.01. The van der Waals surface area contributed by atoms with E-state index in [0.717, 1.165) is 32.7 Å². The lowest BCUT2D eigenvalue weighted by Gasteiger charge is -2.10. The van der Waals surface area contributed by atoms with Crippen molar-refractivity contribution in [3.8, 4) is 34.2 Å². The van der Waals surface area contributed by atoms with Gasteiger partial charge < -0.3 is 0 Å². The van der Waals surface area contributed by atoms with E-state index in [1.54, 1.807) is 0 Å². The first-order chi connectivity index (χ1) is 14.7. The highest BCUT2D eigenvalue weighted by atomic mass is 79.9. The molecule has 0 unspecified atom stereocenters. The minimum atomic E-state index is 0.672. The molecular formula is C24H18Br3N3. The molecule has 150 valence electrons. The number of nitrogens with zero attached hydrogens (tertiary/aromatic N) is 3. The van der Waals surface area contributed by atoms with Crippen molar-refractivity contribution in [2.45, 2.75) is 16.0 Å². The fraction of sp³-hybridized carbons (Fsp3) is 0.125. The highest BCUT2D eigenvalue weighted by Crippen LogP contribution is 2.27. The zero-order valence-corrected chi connectivity index (χ0v) is 20.8. The third kappa shape index (κ3) is 4.88. The summed E-state index contributed by atoms with van der Waals surface area (Å²) >= 11 is 10.6. The van der Waals surface area contributed by atoms with Gasteiger partial charge in [0.15, 0.2) is 17.5 Å². The number of aromatic nitrogens is 3. The van der Waals surface area contributed by atoms with Crippen molar-refractivity contribution >= 4 is 47.8 Å². The number of hydrogen-bond donors (Lipinski definition) is 0. The molecule has 0 radical (unpaired) electrons. The predicted octanol–water partition coefficient (Wildman–Crippen LogP) is 7.56. The summed E-state index contributed by atoms with van der Waals surface area (Å²) in [7, 11) is 0. The zero-order valence-electron chi connectivity index (χ0n) is 16.0. The van der Waals surface area contributed by atoms with E-state index in [0.29, 0.717) is 17.5 Å². The van der Waals surface area contributed by atoms with Gasteiger partial charge in [0.05, 0.1) is 0 Å². The molecule has 0 aliphatic heterocycles. The molecule has 4 aromatic rings. The predicted molar refractivity (Wildman–Crippen MR) is 134 cm³/mol. The van der Waals surface area contributed by atoms with E-state index in [1.807, 2.05) is 36.4 Å². The van der Waals surface area contributed by atoms with Gasteiger partial charge in [-0.15, -0.1) is 0 Å². The molecule has 0 atom stereocenters. The smallest absolute Gasteiger partial charge is 0.164 e. The summed E-state index contributed by atoms with van der Waals surface area (Å²) in [5, 5.41) is 2.35. The van der Waals surface area contributed by atoms with Gasteiger partial charge in [-0.3, -0.25) is 0 Å². The van der Waals surface area contributed by atoms with Gasteiger partial charge in [-0.2, -0.15) is 0 Å². The van der Waals surface area contributed by atoms with Crippen LogP contribution in [-0.4, -0.2) is 15.0 Å². The van der Waals surface area contributed by atoms with Gasteiger partial charge in [0.25, 0.3) is 0 Å². The second-order valence-electron chi connectivity index (χ2n) is 6.81. The van der Waals surface area contributed by atoms with Crippen LogP contribution in [0.2, 0.25) is 0 Å². The average Bonchev–Trinajstić information content (AvgIpc) is 2.83. The van der Waals surface area contributed by atoms with Crippen molar-refractivity contribution in [1.29, 1.82) is 0 Å². The molecule has 0 spiro atoms. The van der Waals surface area contributed by atoms with Gasteiger partial charge in [-0.05, 0) is 34.9 Å². The van der Waals surface area contributed by atoms with Gasteiger partial charge >= 0.3 is 0 Å². The first-order valence-electron chi connectivity index (χ1n) is 9.42. The summed E-state index contributed by atoms with van der Waals surface area (Å²) in [6.07, 6.45) is 0. The lowest BCUT2D eigenvalue weighted by atomic mass is 10.1. The van der Waals surface area contributed by atoms with Gasteiger partial charge in [-0.25, -0.2) is 15.0 Å². The molecule has 4 rings (SSSR count). The summed E-state index contributed by atoms with van der Waals surface area (Å²) in [6, 6.07) is 24.8. The third-order valence-corrected chi connectivity index (χ3v) is 6.60. The monoisotopic (exact) mass is 585 g/mol. The number of benzene rings is 3. The summed E-state index contributed by atoms with van der Waals surface area (Å²) in [5.74, 6) is 2.02. The van der Waals surface area contributed by atoms with Crippen LogP contribution in [0.4, 0.5) is 0 Å². The Morgan fingerprint density at radius 3 is 1.03 bits per heavy atom. The van der Waals surface area contributed by atoms with Crippen LogP contribution in [0, 0.1) is 0 Å². The second kappa shape index (κ2) is 9.94. The molecule has 1 aromatic heterocycles. The van der Waals surface area contributed by atoms with E-state index in [9.17, 15) is 0 Å². The molecule has 0 saturated heterocycles. The van der Waals surface area contributed by atoms with Crippen molar-refractivity contribution in [2.75, 3.05) is 0 Å². The summed E-state index contributed by atoms with van der Waals surface area (Å²) in [4.78, 5) is 14.5. The summed E-state index contributed by atoms with van der Waals surface area (Å²) in [5.41, 5.74) is 6.47. The molecule has 3 aromatic carbocycles. The standard InChI is InChI=1S/C24H18Br3N3/c25-13-16-4-1-7-19(10-16)22-28-23(20-8-2-5-17(11-20)14-26)30-24(29-22)21-9-3-6-18(12-21)15-27/h1-12H,13-15H2. The molecule has 1 heterocycles. The van der Waals surface area contributed by atoms with Crippen molar-refractivity contribution < 1.29 is 0 Å². The summed E-state index contributed by atoms with van der Waals surface area (Å²) in [6.45, 7) is 0. The SMILES string of the molecule is BrCc1cccc(-c2nc(-c3cccc(CBr)c3)nc(-c3cccc(CBr)c3)n2)c1. The molecule has 0 fully saturated rings. The number of rotatable bonds is 6. The maximum absolute atomic E-state index is 4.83. The molecule has 0 saturated carbocycles. The molecule has 0 amide bonds. The second-order valence-corrected chi connectivity index (χ2v) is 8.49. The van der Waals surface area contributed by atoms with Crippen LogP contribution in [0.1, 0.15) is 16.7 Å². The highest BCUT2D eigenvalue weighted by molar-refractivity contribution is 9.09. The van der Waals surface area contributed by atoms with Gasteiger partial charge in [0.1, 0.15) is 0 Å². The quantitative estimate of drug-likeness (QED) is 0.219. The fourth-order valence-corrected chi connectivity index (χ4v) is 4.19. The van der Waals surface area contributed by atoms with Gasteiger partial charge in [-0.1, -0.05) is 102 Å². The van der Waals surface area contributed by atoms with Crippen LogP contribution in [0.25, 0.3) is 34.2 Å². The lowest BCUT2D eigenvalue weighted by molar-refractivity contribution is 1.07. The largest absolute Gasteiger partial charge is 0.208 e. The van der Waals surface area contributed by atoms with Crippen LogP contribution in [0.5, 0.6) is 0 Å². The number of halogens is 3. The van der Waals surface area contributed by atoms with E-state index >= 15 is 0 Å².